The molecular weight excluding hydrogens is 253 g/mol. The van der Waals surface area contributed by atoms with Crippen LogP contribution < -0.4 is 0 Å². The van der Waals surface area contributed by atoms with E-state index in [1.54, 1.807) is 0 Å². The quantitative estimate of drug-likeness (QED) is 0.724. The van der Waals surface area contributed by atoms with Crippen molar-refractivity contribution in [1.82, 2.24) is 0 Å². The molecule has 0 saturated heterocycles. The van der Waals surface area contributed by atoms with Gasteiger partial charge >= 0.3 is 13.3 Å². The summed E-state index contributed by atoms with van der Waals surface area (Å²) in [6.07, 6.45) is 0.126. The third kappa shape index (κ3) is 2.28. The van der Waals surface area contributed by atoms with Crippen molar-refractivity contribution >= 4 is 7.60 Å². The number of aliphatic hydroxyl groups is 1. The molecular formula is C10H19F2O4P. The summed E-state index contributed by atoms with van der Waals surface area (Å²) in [6.45, 7) is 3.73. The lowest BCUT2D eigenvalue weighted by molar-refractivity contribution is -0.0281. The van der Waals surface area contributed by atoms with Gasteiger partial charge in [-0.15, -0.1) is 0 Å². The molecule has 1 rings (SSSR count). The van der Waals surface area contributed by atoms with Gasteiger partial charge in [0.2, 0.25) is 0 Å². The molecule has 0 aromatic carbocycles. The Hall–Kier alpha value is -0.0300. The minimum atomic E-state index is -4.48. The van der Waals surface area contributed by atoms with Crippen molar-refractivity contribution in [2.75, 3.05) is 19.8 Å². The van der Waals surface area contributed by atoms with Crippen molar-refractivity contribution in [3.8, 4) is 0 Å². The van der Waals surface area contributed by atoms with Crippen molar-refractivity contribution in [2.24, 2.45) is 11.3 Å². The smallest absolute Gasteiger partial charge is 0.396 e. The van der Waals surface area contributed by atoms with Crippen LogP contribution in [-0.2, 0) is 13.6 Å². The number of hydrogen-bond donors (Lipinski definition) is 1. The zero-order chi connectivity index (χ0) is 13.3. The van der Waals surface area contributed by atoms with Gasteiger partial charge in [0.05, 0.1) is 13.2 Å². The third-order valence-electron chi connectivity index (χ3n) is 3.26. The highest BCUT2D eigenvalue weighted by Crippen LogP contribution is 2.76. The summed E-state index contributed by atoms with van der Waals surface area (Å²) < 4.78 is 50.0. The molecule has 0 radical (unpaired) electrons. The number of hydrogen-bond acceptors (Lipinski definition) is 4. The fraction of sp³-hybridized carbons (Fsp3) is 1.00. The minimum absolute atomic E-state index is 0.104. The molecule has 1 fully saturated rings. The Morgan fingerprint density at radius 1 is 1.41 bits per heavy atom. The highest BCUT2D eigenvalue weighted by molar-refractivity contribution is 7.55. The number of rotatable bonds is 7. The maximum atomic E-state index is 14.2. The van der Waals surface area contributed by atoms with Gasteiger partial charge in [-0.05, 0) is 26.2 Å². The van der Waals surface area contributed by atoms with E-state index >= 15 is 0 Å². The fourth-order valence-corrected chi connectivity index (χ4v) is 3.92. The molecule has 0 aromatic heterocycles. The van der Waals surface area contributed by atoms with Gasteiger partial charge in [-0.25, -0.2) is 0 Å². The van der Waals surface area contributed by atoms with Gasteiger partial charge in [-0.1, -0.05) is 6.92 Å². The normalized spacial score (nSPS) is 29.4. The molecule has 2 atom stereocenters. The predicted octanol–water partition coefficient (Wildman–Crippen LogP) is 2.86. The number of aliphatic hydroxyl groups excluding tert-OH is 1. The highest BCUT2D eigenvalue weighted by Gasteiger charge is 2.74. The molecule has 4 nitrogen and oxygen atoms in total. The summed E-state index contributed by atoms with van der Waals surface area (Å²) in [6, 6.07) is 0. The van der Waals surface area contributed by atoms with Crippen LogP contribution in [0.3, 0.4) is 0 Å². The summed E-state index contributed by atoms with van der Waals surface area (Å²) in [4.78, 5) is 0. The lowest BCUT2D eigenvalue weighted by Gasteiger charge is -2.30. The van der Waals surface area contributed by atoms with Crippen LogP contribution >= 0.6 is 7.60 Å². The van der Waals surface area contributed by atoms with Crippen LogP contribution in [0.15, 0.2) is 0 Å². The minimum Gasteiger partial charge on any atom is -0.396 e. The molecule has 0 amide bonds. The van der Waals surface area contributed by atoms with Crippen LogP contribution in [0.1, 0.15) is 27.2 Å². The maximum absolute atomic E-state index is 14.2. The number of alkyl halides is 2. The zero-order valence-electron chi connectivity index (χ0n) is 10.3. The summed E-state index contributed by atoms with van der Waals surface area (Å²) in [7, 11) is -4.48. The molecule has 1 aliphatic carbocycles. The summed E-state index contributed by atoms with van der Waals surface area (Å²) in [5, 5.41) is 8.93. The van der Waals surface area contributed by atoms with Crippen LogP contribution in [0, 0.1) is 11.3 Å². The molecule has 1 aliphatic rings. The lowest BCUT2D eigenvalue weighted by atomic mass is 10.1. The van der Waals surface area contributed by atoms with Crippen LogP contribution in [0.5, 0.6) is 0 Å². The molecule has 0 bridgehead atoms. The second kappa shape index (κ2) is 4.92. The average Bonchev–Trinajstić information content (AvgIpc) is 2.92. The number of halogens is 2. The van der Waals surface area contributed by atoms with E-state index in [2.05, 4.69) is 0 Å². The molecule has 102 valence electrons. The van der Waals surface area contributed by atoms with Crippen molar-refractivity contribution in [1.29, 1.82) is 0 Å². The first-order valence-electron chi connectivity index (χ1n) is 5.67. The molecule has 0 aromatic rings. The molecule has 0 aliphatic heterocycles. The Labute approximate surface area is 99.8 Å². The topological polar surface area (TPSA) is 55.8 Å². The Kier molecular flexibility index (Phi) is 4.35. The standard InChI is InChI=1S/C10H19F2O4P/c1-4-15-17(14,16-5-2)10(11,12)9(3)6-8(9)7-13/h8,13H,4-7H2,1-3H3/t8-,9+/m1/s1. The summed E-state index contributed by atoms with van der Waals surface area (Å²) in [5.74, 6) is -0.549. The second-order valence-electron chi connectivity index (χ2n) is 4.38. The fourth-order valence-electron chi connectivity index (χ4n) is 1.94. The van der Waals surface area contributed by atoms with E-state index in [4.69, 9.17) is 14.2 Å². The molecule has 0 unspecified atom stereocenters. The third-order valence-corrected chi connectivity index (χ3v) is 5.66. The summed E-state index contributed by atoms with van der Waals surface area (Å²) >= 11 is 0. The first kappa shape index (κ1) is 15.0. The van der Waals surface area contributed by atoms with E-state index < -0.39 is 24.6 Å². The van der Waals surface area contributed by atoms with Gasteiger partial charge < -0.3 is 14.2 Å². The second-order valence-corrected chi connectivity index (χ2v) is 6.45. The van der Waals surface area contributed by atoms with Gasteiger partial charge in [0.1, 0.15) is 0 Å². The van der Waals surface area contributed by atoms with E-state index in [0.717, 1.165) is 0 Å². The molecule has 1 N–H and O–H groups in total. The van der Waals surface area contributed by atoms with Crippen molar-refractivity contribution < 1.29 is 27.5 Å². The largest absolute Gasteiger partial charge is 0.400 e. The SMILES string of the molecule is CCOP(=O)(OCC)C(F)(F)[C@@]1(C)C[C@@H]1CO. The average molecular weight is 272 g/mol. The maximum Gasteiger partial charge on any atom is 0.400 e. The Bertz CT molecular complexity index is 313. The highest BCUT2D eigenvalue weighted by atomic mass is 31.2. The Morgan fingerprint density at radius 2 is 1.88 bits per heavy atom. The first-order valence-corrected chi connectivity index (χ1v) is 7.21. The first-order chi connectivity index (χ1) is 7.79. The monoisotopic (exact) mass is 272 g/mol. The molecule has 7 heteroatoms. The van der Waals surface area contributed by atoms with E-state index in [1.807, 2.05) is 0 Å². The van der Waals surface area contributed by atoms with E-state index in [-0.39, 0.29) is 26.2 Å². The van der Waals surface area contributed by atoms with E-state index in [1.165, 1.54) is 20.8 Å². The van der Waals surface area contributed by atoms with Gasteiger partial charge in [0.25, 0.3) is 0 Å². The summed E-state index contributed by atoms with van der Waals surface area (Å²) in [5.41, 5.74) is -5.07. The van der Waals surface area contributed by atoms with Crippen molar-refractivity contribution in [2.45, 2.75) is 32.9 Å². The Morgan fingerprint density at radius 3 is 2.18 bits per heavy atom. The van der Waals surface area contributed by atoms with Crippen molar-refractivity contribution in [3.63, 3.8) is 0 Å². The van der Waals surface area contributed by atoms with Gasteiger partial charge in [0, 0.05) is 12.0 Å². The molecule has 0 heterocycles. The molecule has 0 spiro atoms. The van der Waals surface area contributed by atoms with Gasteiger partial charge in [0.15, 0.2) is 0 Å². The van der Waals surface area contributed by atoms with Crippen LogP contribution in [0.2, 0.25) is 0 Å². The molecule has 1 saturated carbocycles. The lowest BCUT2D eigenvalue weighted by Crippen LogP contribution is -2.32. The van der Waals surface area contributed by atoms with E-state index in [0.29, 0.717) is 0 Å². The van der Waals surface area contributed by atoms with E-state index in [9.17, 15) is 13.3 Å². The van der Waals surface area contributed by atoms with Crippen LogP contribution in [0.4, 0.5) is 8.78 Å². The Balaban J connectivity index is 2.97. The van der Waals surface area contributed by atoms with Crippen LogP contribution in [-0.4, -0.2) is 30.6 Å². The zero-order valence-corrected chi connectivity index (χ0v) is 11.2. The van der Waals surface area contributed by atoms with Gasteiger partial charge in [-0.2, -0.15) is 8.78 Å². The molecule has 17 heavy (non-hydrogen) atoms. The predicted molar refractivity (Wildman–Crippen MR) is 59.1 cm³/mol. The van der Waals surface area contributed by atoms with Crippen molar-refractivity contribution in [3.05, 3.63) is 0 Å². The van der Waals surface area contributed by atoms with Gasteiger partial charge in [-0.3, -0.25) is 4.57 Å². The van der Waals surface area contributed by atoms with Crippen LogP contribution in [0.25, 0.3) is 0 Å².